The number of hydrogen-bond acceptors (Lipinski definition) is 6. The average Bonchev–Trinajstić information content (AvgIpc) is 3.12. The second-order valence-electron chi connectivity index (χ2n) is 5.69. The van der Waals surface area contributed by atoms with Crippen LogP contribution in [0.4, 0.5) is 0 Å². The fourth-order valence-corrected chi connectivity index (χ4v) is 2.06. The van der Waals surface area contributed by atoms with Crippen molar-refractivity contribution in [1.82, 2.24) is 25.2 Å². The molecule has 2 amide bonds. The highest BCUT2D eigenvalue weighted by Gasteiger charge is 2.13. The predicted molar refractivity (Wildman–Crippen MR) is 97.3 cm³/mol. The molecule has 0 bridgehead atoms. The zero-order valence-corrected chi connectivity index (χ0v) is 15.2. The molecule has 0 atom stereocenters. The number of likely N-dealkylation sites (N-methyl/N-ethyl adjacent to an activating group) is 2. The van der Waals surface area contributed by atoms with E-state index in [9.17, 15) is 14.4 Å². The molecular formula is C18H21N5O4. The van der Waals surface area contributed by atoms with Gasteiger partial charge in [0.05, 0.1) is 19.3 Å². The number of carbonyl (C=O) groups excluding carboxylic acids is 3. The quantitative estimate of drug-likeness (QED) is 0.521. The molecule has 0 saturated heterocycles. The summed E-state index contributed by atoms with van der Waals surface area (Å²) < 4.78 is 6.51. The molecular weight excluding hydrogens is 350 g/mol. The van der Waals surface area contributed by atoms with E-state index < -0.39 is 18.5 Å². The summed E-state index contributed by atoms with van der Waals surface area (Å²) in [5.74, 6) is -1.47. The maximum Gasteiger partial charge on any atom is 0.331 e. The van der Waals surface area contributed by atoms with Gasteiger partial charge >= 0.3 is 5.97 Å². The summed E-state index contributed by atoms with van der Waals surface area (Å²) in [6.07, 6.45) is 4.32. The van der Waals surface area contributed by atoms with Gasteiger partial charge in [-0.15, -0.1) is 5.10 Å². The monoisotopic (exact) mass is 371 g/mol. The lowest BCUT2D eigenvalue weighted by Gasteiger charge is -2.15. The normalized spacial score (nSPS) is 10.6. The number of aromatic nitrogens is 3. The van der Waals surface area contributed by atoms with Crippen LogP contribution in [0.15, 0.2) is 42.6 Å². The molecule has 0 fully saturated rings. The van der Waals surface area contributed by atoms with Crippen molar-refractivity contribution in [1.29, 1.82) is 0 Å². The Bertz CT molecular complexity index is 816. The number of amides is 2. The molecule has 142 valence electrons. The van der Waals surface area contributed by atoms with E-state index in [1.54, 1.807) is 10.9 Å². The van der Waals surface area contributed by atoms with Crippen LogP contribution >= 0.6 is 0 Å². The summed E-state index contributed by atoms with van der Waals surface area (Å²) in [6, 6.07) is 9.78. The van der Waals surface area contributed by atoms with Gasteiger partial charge in [0.2, 0.25) is 5.91 Å². The molecule has 0 radical (unpaired) electrons. The summed E-state index contributed by atoms with van der Waals surface area (Å²) in [6.45, 7) is 0.0168. The molecule has 1 heterocycles. The fraction of sp³-hybridized carbons (Fsp3) is 0.278. The third kappa shape index (κ3) is 6.73. The summed E-state index contributed by atoms with van der Waals surface area (Å²) in [4.78, 5) is 35.8. The zero-order valence-electron chi connectivity index (χ0n) is 15.2. The van der Waals surface area contributed by atoms with E-state index in [0.717, 1.165) is 5.56 Å². The molecule has 0 saturated carbocycles. The third-order valence-corrected chi connectivity index (χ3v) is 3.56. The summed E-state index contributed by atoms with van der Waals surface area (Å²) in [5.41, 5.74) is 1.57. The van der Waals surface area contributed by atoms with Crippen molar-refractivity contribution >= 4 is 23.9 Å². The Balaban J connectivity index is 1.79. The van der Waals surface area contributed by atoms with Crippen molar-refractivity contribution < 1.29 is 19.1 Å². The first-order valence-electron chi connectivity index (χ1n) is 8.21. The van der Waals surface area contributed by atoms with Crippen LogP contribution in [0.25, 0.3) is 6.08 Å². The Morgan fingerprint density at radius 1 is 1.26 bits per heavy atom. The first-order chi connectivity index (χ1) is 13.0. The molecule has 1 aromatic heterocycles. The number of rotatable bonds is 8. The van der Waals surface area contributed by atoms with Crippen molar-refractivity contribution in [3.05, 3.63) is 53.9 Å². The van der Waals surface area contributed by atoms with Gasteiger partial charge in [-0.2, -0.15) is 0 Å². The fourth-order valence-electron chi connectivity index (χ4n) is 2.06. The molecule has 9 nitrogen and oxygen atoms in total. The number of hydrogen-bond donors (Lipinski definition) is 1. The minimum Gasteiger partial charge on any atom is -0.452 e. The van der Waals surface area contributed by atoms with Gasteiger partial charge in [0.15, 0.2) is 6.61 Å². The van der Waals surface area contributed by atoms with E-state index in [1.165, 1.54) is 31.1 Å². The smallest absolute Gasteiger partial charge is 0.331 e. The summed E-state index contributed by atoms with van der Waals surface area (Å²) >= 11 is 0. The molecule has 1 N–H and O–H groups in total. The molecule has 1 aromatic carbocycles. The molecule has 0 aliphatic rings. The number of benzene rings is 1. The van der Waals surface area contributed by atoms with Gasteiger partial charge in [0.25, 0.3) is 5.91 Å². The molecule has 0 spiro atoms. The van der Waals surface area contributed by atoms with Crippen LogP contribution in [-0.4, -0.2) is 64.9 Å². The van der Waals surface area contributed by atoms with E-state index >= 15 is 0 Å². The Morgan fingerprint density at radius 2 is 2.00 bits per heavy atom. The highest BCUT2D eigenvalue weighted by atomic mass is 16.5. The maximum absolute atomic E-state index is 11.8. The zero-order chi connectivity index (χ0) is 19.6. The Morgan fingerprint density at radius 3 is 2.70 bits per heavy atom. The second-order valence-corrected chi connectivity index (χ2v) is 5.69. The lowest BCUT2D eigenvalue weighted by atomic mass is 10.2. The highest BCUT2D eigenvalue weighted by Crippen LogP contribution is 2.03. The number of nitrogens with zero attached hydrogens (tertiary/aromatic N) is 4. The van der Waals surface area contributed by atoms with E-state index in [2.05, 4.69) is 15.6 Å². The van der Waals surface area contributed by atoms with E-state index in [1.807, 2.05) is 30.3 Å². The molecule has 0 aliphatic carbocycles. The van der Waals surface area contributed by atoms with Crippen LogP contribution in [0.3, 0.4) is 0 Å². The molecule has 2 rings (SSSR count). The first-order valence-corrected chi connectivity index (χ1v) is 8.21. The Labute approximate surface area is 156 Å². The van der Waals surface area contributed by atoms with Crippen LogP contribution in [0.1, 0.15) is 11.3 Å². The van der Waals surface area contributed by atoms with Gasteiger partial charge in [0, 0.05) is 20.2 Å². The summed E-state index contributed by atoms with van der Waals surface area (Å²) in [7, 11) is 2.92. The SMILES string of the molecule is CNC(=O)CN(C)C(=O)COC(=O)/C=C/c1cn(Cc2ccccc2)nn1. The summed E-state index contributed by atoms with van der Waals surface area (Å²) in [5, 5.41) is 10.3. The van der Waals surface area contributed by atoms with Crippen LogP contribution < -0.4 is 5.32 Å². The van der Waals surface area contributed by atoms with E-state index in [4.69, 9.17) is 4.74 Å². The van der Waals surface area contributed by atoms with Crippen molar-refractivity contribution in [2.24, 2.45) is 0 Å². The van der Waals surface area contributed by atoms with Crippen molar-refractivity contribution in [3.8, 4) is 0 Å². The lowest BCUT2D eigenvalue weighted by Crippen LogP contribution is -2.38. The van der Waals surface area contributed by atoms with Gasteiger partial charge in [-0.25, -0.2) is 9.48 Å². The topological polar surface area (TPSA) is 106 Å². The van der Waals surface area contributed by atoms with E-state index in [-0.39, 0.29) is 12.5 Å². The molecule has 9 heteroatoms. The molecule has 0 aliphatic heterocycles. The van der Waals surface area contributed by atoms with Crippen LogP contribution in [0.5, 0.6) is 0 Å². The number of ether oxygens (including phenoxy) is 1. The minimum absolute atomic E-state index is 0.104. The van der Waals surface area contributed by atoms with Crippen molar-refractivity contribution in [3.63, 3.8) is 0 Å². The number of esters is 1. The largest absolute Gasteiger partial charge is 0.452 e. The number of nitrogens with one attached hydrogen (secondary N) is 1. The first kappa shape index (κ1) is 19.8. The van der Waals surface area contributed by atoms with Gasteiger partial charge in [-0.1, -0.05) is 35.5 Å². The van der Waals surface area contributed by atoms with E-state index in [0.29, 0.717) is 12.2 Å². The van der Waals surface area contributed by atoms with Gasteiger partial charge in [-0.05, 0) is 11.6 Å². The van der Waals surface area contributed by atoms with Crippen LogP contribution in [0, 0.1) is 0 Å². The van der Waals surface area contributed by atoms with Crippen molar-refractivity contribution in [2.45, 2.75) is 6.54 Å². The average molecular weight is 371 g/mol. The maximum atomic E-state index is 11.8. The second kappa shape index (κ2) is 9.85. The van der Waals surface area contributed by atoms with Gasteiger partial charge in [-0.3, -0.25) is 9.59 Å². The molecule has 0 unspecified atom stereocenters. The number of carbonyl (C=O) groups is 3. The Hall–Kier alpha value is -3.49. The van der Waals surface area contributed by atoms with Gasteiger partial charge in [0.1, 0.15) is 5.69 Å². The molecule has 2 aromatic rings. The van der Waals surface area contributed by atoms with Crippen LogP contribution in [-0.2, 0) is 25.7 Å². The Kier molecular flexibility index (Phi) is 7.24. The lowest BCUT2D eigenvalue weighted by molar-refractivity contribution is -0.148. The van der Waals surface area contributed by atoms with Crippen molar-refractivity contribution in [2.75, 3.05) is 27.2 Å². The predicted octanol–water partition coefficient (Wildman–Crippen LogP) is 0.0872. The standard InChI is InChI=1S/C18H21N5O4/c1-19-16(24)12-22(2)17(25)13-27-18(26)9-8-15-11-23(21-20-15)10-14-6-4-3-5-7-14/h3-9,11H,10,12-13H2,1-2H3,(H,19,24)/b9-8+. The molecule has 27 heavy (non-hydrogen) atoms. The highest BCUT2D eigenvalue weighted by molar-refractivity contribution is 5.90. The third-order valence-electron chi connectivity index (χ3n) is 3.56. The van der Waals surface area contributed by atoms with Crippen LogP contribution in [0.2, 0.25) is 0 Å². The minimum atomic E-state index is -0.686. The van der Waals surface area contributed by atoms with Gasteiger partial charge < -0.3 is 15.0 Å².